The Morgan fingerprint density at radius 2 is 1.94 bits per heavy atom. The summed E-state index contributed by atoms with van der Waals surface area (Å²) in [7, 11) is 0. The lowest BCUT2D eigenvalue weighted by Gasteiger charge is -2.17. The maximum absolute atomic E-state index is 5.89. The molecule has 0 aliphatic rings. The lowest BCUT2D eigenvalue weighted by molar-refractivity contribution is 0.425. The van der Waals surface area contributed by atoms with Gasteiger partial charge in [-0.25, -0.2) is 0 Å². The summed E-state index contributed by atoms with van der Waals surface area (Å²) in [6.07, 6.45) is 0.935. The predicted octanol–water partition coefficient (Wildman–Crippen LogP) is 4.15. The van der Waals surface area contributed by atoms with Gasteiger partial charge in [-0.15, -0.1) is 0 Å². The largest absolute Gasteiger partial charge is 0.464 e. The van der Waals surface area contributed by atoms with Gasteiger partial charge in [0.05, 0.1) is 6.04 Å². The van der Waals surface area contributed by atoms with E-state index in [1.54, 1.807) is 0 Å². The van der Waals surface area contributed by atoms with E-state index in [2.05, 4.69) is 78.2 Å². The van der Waals surface area contributed by atoms with Gasteiger partial charge in [-0.05, 0) is 52.9 Å². The second-order valence-corrected chi connectivity index (χ2v) is 5.33. The van der Waals surface area contributed by atoms with Gasteiger partial charge in [0, 0.05) is 9.99 Å². The highest BCUT2D eigenvalue weighted by Gasteiger charge is 2.18. The molecule has 0 radical (unpaired) electrons. The van der Waals surface area contributed by atoms with Crippen LogP contribution >= 0.6 is 22.6 Å². The highest BCUT2D eigenvalue weighted by atomic mass is 127. The first-order valence-corrected chi connectivity index (χ1v) is 7.40. The maximum Gasteiger partial charge on any atom is 0.125 e. The van der Waals surface area contributed by atoms with Gasteiger partial charge in [-0.1, -0.05) is 32.0 Å². The Bertz CT molecular complexity index is 507. The third-order valence-electron chi connectivity index (χ3n) is 2.94. The van der Waals surface area contributed by atoms with Crippen molar-refractivity contribution in [1.82, 2.24) is 5.32 Å². The zero-order chi connectivity index (χ0) is 13.0. The first kappa shape index (κ1) is 13.6. The number of aryl methyl sites for hydroxylation is 1. The first-order valence-electron chi connectivity index (χ1n) is 6.32. The second kappa shape index (κ2) is 6.38. The van der Waals surface area contributed by atoms with Crippen LogP contribution < -0.4 is 5.32 Å². The summed E-state index contributed by atoms with van der Waals surface area (Å²) in [5.74, 6) is 2.04. The molecule has 0 fully saturated rings. The summed E-state index contributed by atoms with van der Waals surface area (Å²) in [6, 6.07) is 12.7. The molecule has 0 saturated carbocycles. The van der Waals surface area contributed by atoms with Gasteiger partial charge in [-0.3, -0.25) is 0 Å². The zero-order valence-electron chi connectivity index (χ0n) is 10.7. The third kappa shape index (κ3) is 2.95. The molecule has 1 unspecified atom stereocenters. The van der Waals surface area contributed by atoms with Crippen molar-refractivity contribution in [3.05, 3.63) is 57.1 Å². The number of hydrogen-bond donors (Lipinski definition) is 1. The van der Waals surface area contributed by atoms with Crippen molar-refractivity contribution in [2.24, 2.45) is 0 Å². The van der Waals surface area contributed by atoms with Crippen LogP contribution in [0.3, 0.4) is 0 Å². The van der Waals surface area contributed by atoms with E-state index < -0.39 is 0 Å². The van der Waals surface area contributed by atoms with E-state index in [0.717, 1.165) is 24.5 Å². The topological polar surface area (TPSA) is 25.2 Å². The number of rotatable bonds is 5. The van der Waals surface area contributed by atoms with E-state index in [0.29, 0.717) is 0 Å². The second-order valence-electron chi connectivity index (χ2n) is 4.17. The molecule has 3 heteroatoms. The number of hydrogen-bond acceptors (Lipinski definition) is 2. The number of halogens is 1. The van der Waals surface area contributed by atoms with Crippen LogP contribution in [0.2, 0.25) is 0 Å². The fourth-order valence-corrected chi connectivity index (χ4v) is 2.72. The van der Waals surface area contributed by atoms with Crippen LogP contribution in [0.4, 0.5) is 0 Å². The third-order valence-corrected chi connectivity index (χ3v) is 3.92. The van der Waals surface area contributed by atoms with Gasteiger partial charge < -0.3 is 9.73 Å². The predicted molar refractivity (Wildman–Crippen MR) is 82.8 cm³/mol. The minimum absolute atomic E-state index is 0.142. The summed E-state index contributed by atoms with van der Waals surface area (Å²) >= 11 is 2.38. The van der Waals surface area contributed by atoms with Crippen LogP contribution in [0.15, 0.2) is 40.8 Å². The standard InChI is InChI=1S/C15H18INO/c1-3-11-9-10-14(18-11)15(17-4-2)12-7-5-6-8-13(12)16/h5-10,15,17H,3-4H2,1-2H3. The molecule has 0 saturated heterocycles. The molecule has 1 heterocycles. The molecule has 0 bridgehead atoms. The van der Waals surface area contributed by atoms with E-state index in [1.807, 2.05) is 0 Å². The normalized spacial score (nSPS) is 12.6. The highest BCUT2D eigenvalue weighted by molar-refractivity contribution is 14.1. The van der Waals surface area contributed by atoms with E-state index in [-0.39, 0.29) is 6.04 Å². The quantitative estimate of drug-likeness (QED) is 0.816. The van der Waals surface area contributed by atoms with Crippen molar-refractivity contribution in [2.45, 2.75) is 26.3 Å². The smallest absolute Gasteiger partial charge is 0.125 e. The van der Waals surface area contributed by atoms with Crippen LogP contribution in [0.5, 0.6) is 0 Å². The lowest BCUT2D eigenvalue weighted by Crippen LogP contribution is -2.22. The minimum atomic E-state index is 0.142. The molecule has 1 aromatic heterocycles. The van der Waals surface area contributed by atoms with Crippen molar-refractivity contribution in [3.63, 3.8) is 0 Å². The Morgan fingerprint density at radius 1 is 1.17 bits per heavy atom. The lowest BCUT2D eigenvalue weighted by atomic mass is 10.0. The Kier molecular flexibility index (Phi) is 4.83. The van der Waals surface area contributed by atoms with Crippen LogP contribution in [-0.2, 0) is 6.42 Å². The minimum Gasteiger partial charge on any atom is -0.464 e. The molecule has 0 amide bonds. The average Bonchev–Trinajstić information content (AvgIpc) is 2.85. The number of nitrogens with one attached hydrogen (secondary N) is 1. The van der Waals surface area contributed by atoms with E-state index in [9.17, 15) is 0 Å². The molecule has 1 N–H and O–H groups in total. The molecule has 0 spiro atoms. The van der Waals surface area contributed by atoms with Crippen LogP contribution in [-0.4, -0.2) is 6.54 Å². The molecular weight excluding hydrogens is 337 g/mol. The SMILES string of the molecule is CCNC(c1ccc(CC)o1)c1ccccc1I. The van der Waals surface area contributed by atoms with Crippen molar-refractivity contribution >= 4 is 22.6 Å². The van der Waals surface area contributed by atoms with Crippen LogP contribution in [0, 0.1) is 3.57 Å². The number of furan rings is 1. The molecule has 0 aliphatic carbocycles. The Labute approximate surface area is 122 Å². The summed E-state index contributed by atoms with van der Waals surface area (Å²) in [5, 5.41) is 3.49. The molecule has 96 valence electrons. The fraction of sp³-hybridized carbons (Fsp3) is 0.333. The molecule has 2 rings (SSSR count). The first-order chi connectivity index (χ1) is 8.76. The van der Waals surface area contributed by atoms with Crippen LogP contribution in [0.1, 0.15) is 37.0 Å². The average molecular weight is 355 g/mol. The van der Waals surface area contributed by atoms with Gasteiger partial charge in [0.2, 0.25) is 0 Å². The molecule has 1 atom stereocenters. The van der Waals surface area contributed by atoms with Crippen molar-refractivity contribution < 1.29 is 4.42 Å². The van der Waals surface area contributed by atoms with E-state index >= 15 is 0 Å². The van der Waals surface area contributed by atoms with E-state index in [1.165, 1.54) is 9.13 Å². The van der Waals surface area contributed by atoms with Gasteiger partial charge in [0.25, 0.3) is 0 Å². The van der Waals surface area contributed by atoms with Gasteiger partial charge in [0.1, 0.15) is 11.5 Å². The zero-order valence-corrected chi connectivity index (χ0v) is 12.9. The van der Waals surface area contributed by atoms with Crippen LogP contribution in [0.25, 0.3) is 0 Å². The molecule has 1 aromatic carbocycles. The van der Waals surface area contributed by atoms with Crippen molar-refractivity contribution in [1.29, 1.82) is 0 Å². The Balaban J connectivity index is 2.36. The fourth-order valence-electron chi connectivity index (χ4n) is 2.02. The summed E-state index contributed by atoms with van der Waals surface area (Å²) in [4.78, 5) is 0. The molecule has 2 nitrogen and oxygen atoms in total. The highest BCUT2D eigenvalue weighted by Crippen LogP contribution is 2.27. The van der Waals surface area contributed by atoms with E-state index in [4.69, 9.17) is 4.42 Å². The monoisotopic (exact) mass is 355 g/mol. The van der Waals surface area contributed by atoms with Crippen molar-refractivity contribution in [3.8, 4) is 0 Å². The summed E-state index contributed by atoms with van der Waals surface area (Å²) in [5.41, 5.74) is 1.27. The Morgan fingerprint density at radius 3 is 2.56 bits per heavy atom. The van der Waals surface area contributed by atoms with Gasteiger partial charge >= 0.3 is 0 Å². The van der Waals surface area contributed by atoms with Gasteiger partial charge in [0.15, 0.2) is 0 Å². The molecule has 2 aromatic rings. The number of benzene rings is 1. The molecular formula is C15H18INO. The maximum atomic E-state index is 5.89. The molecule has 0 aliphatic heterocycles. The molecule has 18 heavy (non-hydrogen) atoms. The summed E-state index contributed by atoms with van der Waals surface area (Å²) < 4.78 is 7.15. The van der Waals surface area contributed by atoms with Gasteiger partial charge in [-0.2, -0.15) is 0 Å². The summed E-state index contributed by atoms with van der Waals surface area (Å²) in [6.45, 7) is 5.14. The Hall–Kier alpha value is -0.810. The van der Waals surface area contributed by atoms with Crippen molar-refractivity contribution in [2.75, 3.05) is 6.54 Å².